The Hall–Kier alpha value is -4.46. The molecule has 1 aliphatic carbocycles. The smallest absolute Gasteiger partial charge is 0.297 e. The van der Waals surface area contributed by atoms with Gasteiger partial charge in [-0.1, -0.05) is 13.8 Å². The Morgan fingerprint density at radius 1 is 1.11 bits per heavy atom. The van der Waals surface area contributed by atoms with Gasteiger partial charge in [0.15, 0.2) is 5.82 Å². The van der Waals surface area contributed by atoms with Gasteiger partial charge in [-0.25, -0.2) is 9.97 Å². The number of ether oxygens (including phenoxy) is 1. The number of aliphatic hydroxyl groups excluding tert-OH is 1. The molecule has 0 amide bonds. The highest BCUT2D eigenvalue weighted by Crippen LogP contribution is 2.37. The molecule has 0 saturated carbocycles. The number of nitrogens with one attached hydrogen (secondary N) is 1. The molecule has 5 aromatic rings. The number of morpholine rings is 1. The molecule has 1 saturated heterocycles. The number of pyridine rings is 3. The Morgan fingerprint density at radius 3 is 2.67 bits per heavy atom. The zero-order chi connectivity index (χ0) is 31.5. The van der Waals surface area contributed by atoms with Crippen LogP contribution in [0.1, 0.15) is 37.6 Å². The number of rotatable bonds is 6. The fourth-order valence-corrected chi connectivity index (χ4v) is 6.63. The van der Waals surface area contributed by atoms with Gasteiger partial charge in [-0.15, -0.1) is 0 Å². The molecule has 1 fully saturated rings. The van der Waals surface area contributed by atoms with Gasteiger partial charge in [-0.2, -0.15) is 23.3 Å². The highest BCUT2D eigenvalue weighted by molar-refractivity contribution is 7.59. The molecule has 13 heteroatoms. The van der Waals surface area contributed by atoms with Crippen LogP contribution in [-0.2, 0) is 31.2 Å². The average molecular weight is 643 g/mol. The van der Waals surface area contributed by atoms with Crippen molar-refractivity contribution in [1.29, 1.82) is 0 Å². The van der Waals surface area contributed by atoms with Crippen molar-refractivity contribution >= 4 is 36.2 Å². The zero-order valence-corrected chi connectivity index (χ0v) is 27.3. The molecule has 1 aliphatic heterocycles. The lowest BCUT2D eigenvalue weighted by Gasteiger charge is -2.35. The number of hydrogen-bond donors (Lipinski definition) is 2. The van der Waals surface area contributed by atoms with Crippen molar-refractivity contribution < 1.29 is 9.84 Å². The molecule has 0 aromatic carbocycles. The van der Waals surface area contributed by atoms with E-state index in [0.29, 0.717) is 46.9 Å². The summed E-state index contributed by atoms with van der Waals surface area (Å²) in [4.78, 5) is 38.1. The molecule has 0 bridgehead atoms. The normalized spacial score (nSPS) is 17.2. The quantitative estimate of drug-likeness (QED) is 0.286. The van der Waals surface area contributed by atoms with E-state index < -0.39 is 6.61 Å². The van der Waals surface area contributed by atoms with E-state index in [9.17, 15) is 14.7 Å². The summed E-state index contributed by atoms with van der Waals surface area (Å²) in [5, 5.41) is 18.2. The van der Waals surface area contributed by atoms with Crippen molar-refractivity contribution in [3.63, 3.8) is 0 Å². The van der Waals surface area contributed by atoms with Crippen molar-refractivity contribution in [2.24, 2.45) is 12.5 Å². The minimum absolute atomic E-state index is 0. The number of aromatic nitrogens is 6. The van der Waals surface area contributed by atoms with Gasteiger partial charge in [0, 0.05) is 48.8 Å². The van der Waals surface area contributed by atoms with Gasteiger partial charge in [0.2, 0.25) is 0 Å². The highest BCUT2D eigenvalue weighted by atomic mass is 32.1. The second kappa shape index (κ2) is 12.0. The van der Waals surface area contributed by atoms with Crippen molar-refractivity contribution in [2.75, 3.05) is 30.0 Å². The summed E-state index contributed by atoms with van der Waals surface area (Å²) in [5.74, 6) is 0.764. The zero-order valence-electron chi connectivity index (χ0n) is 26.3. The standard InChI is InChI=1S/C33H36N8O4.H2S/c1-20-18-45-10-9-39(20)23-5-6-29(35-15-23)37-26-11-22(16-38(4)31(26)43)24-7-8-34-30(25(24)17-42)41-32(44)27-12-21-13-33(2,3)14-28(21)40(27)19-36-41;/h5-8,11-12,15-16,19-20,42H,9-10,13-14,17-18H2,1-4H3,(H,35,37);1H2/t20-;/m0./s1. The first-order valence-corrected chi connectivity index (χ1v) is 15.1. The summed E-state index contributed by atoms with van der Waals surface area (Å²) in [7, 11) is 1.67. The number of aliphatic hydroxyl groups is 1. The van der Waals surface area contributed by atoms with Crippen molar-refractivity contribution in [1.82, 2.24) is 28.7 Å². The molecule has 240 valence electrons. The molecule has 12 nitrogen and oxygen atoms in total. The average Bonchev–Trinajstić information content (AvgIpc) is 3.52. The van der Waals surface area contributed by atoms with Crippen LogP contribution in [0.25, 0.3) is 22.5 Å². The highest BCUT2D eigenvalue weighted by Gasteiger charge is 2.32. The molecule has 7 rings (SSSR count). The largest absolute Gasteiger partial charge is 0.392 e. The van der Waals surface area contributed by atoms with Crippen LogP contribution in [-0.4, -0.2) is 59.6 Å². The summed E-state index contributed by atoms with van der Waals surface area (Å²) in [6.45, 7) is 8.29. The molecular weight excluding hydrogens is 604 g/mol. The van der Waals surface area contributed by atoms with Crippen molar-refractivity contribution in [2.45, 2.75) is 46.3 Å². The second-order valence-electron chi connectivity index (χ2n) is 12.8. The molecular formula is C33H38N8O4S. The van der Waals surface area contributed by atoms with Crippen LogP contribution in [0.5, 0.6) is 0 Å². The van der Waals surface area contributed by atoms with Crippen LogP contribution in [0.4, 0.5) is 17.2 Å². The Bertz CT molecular complexity index is 2050. The summed E-state index contributed by atoms with van der Waals surface area (Å²) >= 11 is 0. The van der Waals surface area contributed by atoms with Gasteiger partial charge in [-0.3, -0.25) is 14.0 Å². The lowest BCUT2D eigenvalue weighted by Crippen LogP contribution is -2.43. The Labute approximate surface area is 272 Å². The molecule has 5 aromatic heterocycles. The molecule has 6 heterocycles. The second-order valence-corrected chi connectivity index (χ2v) is 12.8. The fraction of sp³-hybridized carbons (Fsp3) is 0.364. The van der Waals surface area contributed by atoms with E-state index in [2.05, 4.69) is 46.1 Å². The molecule has 2 N–H and O–H groups in total. The van der Waals surface area contributed by atoms with Gasteiger partial charge in [0.25, 0.3) is 11.1 Å². The minimum atomic E-state index is -0.391. The third kappa shape index (κ3) is 5.48. The predicted octanol–water partition coefficient (Wildman–Crippen LogP) is 3.34. The summed E-state index contributed by atoms with van der Waals surface area (Å²) in [5.41, 5.74) is 5.40. The maximum atomic E-state index is 13.7. The van der Waals surface area contributed by atoms with E-state index in [1.54, 1.807) is 44.1 Å². The van der Waals surface area contributed by atoms with E-state index >= 15 is 0 Å². The van der Waals surface area contributed by atoms with Crippen molar-refractivity contribution in [3.05, 3.63) is 92.8 Å². The summed E-state index contributed by atoms with van der Waals surface area (Å²) in [6.07, 6.45) is 8.48. The summed E-state index contributed by atoms with van der Waals surface area (Å²) in [6, 6.07) is 9.50. The summed E-state index contributed by atoms with van der Waals surface area (Å²) < 4.78 is 10.1. The van der Waals surface area contributed by atoms with E-state index in [1.165, 1.54) is 9.25 Å². The van der Waals surface area contributed by atoms with Gasteiger partial charge in [0.1, 0.15) is 23.3 Å². The van der Waals surface area contributed by atoms with E-state index in [1.807, 2.05) is 22.6 Å². The molecule has 46 heavy (non-hydrogen) atoms. The van der Waals surface area contributed by atoms with E-state index in [0.717, 1.165) is 36.3 Å². The first kappa shape index (κ1) is 31.5. The van der Waals surface area contributed by atoms with Crippen LogP contribution in [0.2, 0.25) is 0 Å². The van der Waals surface area contributed by atoms with E-state index in [4.69, 9.17) is 4.74 Å². The molecule has 0 spiro atoms. The SMILES string of the molecule is C[C@H]1COCCN1c1ccc(Nc2cc(-c3ccnc(-n4ncn5c6c(cc5c4=O)CC(C)(C)C6)c3CO)cn(C)c2=O)nc1.S. The molecule has 0 unspecified atom stereocenters. The Balaban J connectivity index is 0.00000372. The van der Waals surface area contributed by atoms with Crippen LogP contribution in [0, 0.1) is 5.41 Å². The van der Waals surface area contributed by atoms with Crippen LogP contribution in [0.3, 0.4) is 0 Å². The van der Waals surface area contributed by atoms with Crippen LogP contribution < -0.4 is 21.3 Å². The Kier molecular flexibility index (Phi) is 8.25. The topological polar surface area (TPSA) is 132 Å². The maximum Gasteiger partial charge on any atom is 0.297 e. The predicted molar refractivity (Wildman–Crippen MR) is 182 cm³/mol. The lowest BCUT2D eigenvalue weighted by atomic mass is 9.90. The van der Waals surface area contributed by atoms with Gasteiger partial charge < -0.3 is 24.6 Å². The van der Waals surface area contributed by atoms with Crippen LogP contribution in [0.15, 0.2) is 64.8 Å². The number of aryl methyl sites for hydroxylation is 1. The molecule has 0 radical (unpaired) electrons. The lowest BCUT2D eigenvalue weighted by molar-refractivity contribution is 0.0989. The number of hydrogen-bond acceptors (Lipinski definition) is 9. The van der Waals surface area contributed by atoms with Gasteiger partial charge in [0.05, 0.1) is 31.7 Å². The third-order valence-corrected chi connectivity index (χ3v) is 8.84. The number of fused-ring (bicyclic) bond motifs is 3. The third-order valence-electron chi connectivity index (χ3n) is 8.84. The van der Waals surface area contributed by atoms with Gasteiger partial charge >= 0.3 is 0 Å². The minimum Gasteiger partial charge on any atom is -0.392 e. The van der Waals surface area contributed by atoms with Crippen LogP contribution >= 0.6 is 13.5 Å². The first-order chi connectivity index (χ1) is 21.6. The number of nitrogens with zero attached hydrogens (tertiary/aromatic N) is 7. The maximum absolute atomic E-state index is 13.7. The number of anilines is 3. The fourth-order valence-electron chi connectivity index (χ4n) is 6.63. The van der Waals surface area contributed by atoms with Gasteiger partial charge in [-0.05, 0) is 66.6 Å². The monoisotopic (exact) mass is 642 g/mol. The van der Waals surface area contributed by atoms with Crippen molar-refractivity contribution in [3.8, 4) is 16.9 Å². The molecule has 2 aliphatic rings. The van der Waals surface area contributed by atoms with E-state index in [-0.39, 0.29) is 41.9 Å². The molecule has 1 atom stereocenters. The first-order valence-electron chi connectivity index (χ1n) is 15.1. The Morgan fingerprint density at radius 2 is 1.93 bits per heavy atom.